The third-order valence-electron chi connectivity index (χ3n) is 15.5. The van der Waals surface area contributed by atoms with Gasteiger partial charge in [-0.3, -0.25) is 0 Å². The lowest BCUT2D eigenvalue weighted by molar-refractivity contribution is -0.272. The largest absolute Gasteiger partial charge is 0.394 e. The van der Waals surface area contributed by atoms with Crippen LogP contribution in [0.4, 0.5) is 0 Å². The number of hydrogen-bond acceptors (Lipinski definition) is 7. The Morgan fingerprint density at radius 1 is 0.814 bits per heavy atom. The molecule has 0 spiro atoms. The molecule has 6 N–H and O–H groups in total. The SMILES string of the molecule is CC1(C)CC[C@]2(C(O)[C@@H]3OC(CO)[C@@H](O)C(O)C3O)CC[C@]3(C)C(=CCC4[C@@]5(C)CCC(O)C(C)(C)C5CC[C@]43C)C2C1. The summed E-state index contributed by atoms with van der Waals surface area (Å²) in [6.45, 7) is 16.3. The molecule has 5 aliphatic carbocycles. The first-order valence-electron chi connectivity index (χ1n) is 17.3. The molecule has 14 atom stereocenters. The van der Waals surface area contributed by atoms with Crippen LogP contribution in [0.5, 0.6) is 0 Å². The molecule has 7 nitrogen and oxygen atoms in total. The highest BCUT2D eigenvalue weighted by Gasteiger charge is 2.69. The second kappa shape index (κ2) is 10.2. The fraction of sp³-hybridized carbons (Fsp3) is 0.944. The smallest absolute Gasteiger partial charge is 0.113 e. The van der Waals surface area contributed by atoms with Crippen LogP contribution < -0.4 is 0 Å². The zero-order valence-corrected chi connectivity index (χ0v) is 27.7. The van der Waals surface area contributed by atoms with Gasteiger partial charge in [0.1, 0.15) is 30.5 Å². The fourth-order valence-electron chi connectivity index (χ4n) is 12.5. The van der Waals surface area contributed by atoms with Gasteiger partial charge in [-0.25, -0.2) is 0 Å². The van der Waals surface area contributed by atoms with E-state index in [2.05, 4.69) is 54.5 Å². The summed E-state index contributed by atoms with van der Waals surface area (Å²) in [7, 11) is 0. The Bertz CT molecular complexity index is 1120. The van der Waals surface area contributed by atoms with Gasteiger partial charge in [0.05, 0.1) is 18.8 Å². The lowest BCUT2D eigenvalue weighted by Crippen LogP contribution is -2.68. The molecule has 6 rings (SSSR count). The van der Waals surface area contributed by atoms with Crippen molar-refractivity contribution in [1.82, 2.24) is 0 Å². The predicted octanol–water partition coefficient (Wildman–Crippen LogP) is 4.35. The molecule has 0 radical (unpaired) electrons. The zero-order chi connectivity index (χ0) is 31.5. The molecule has 4 saturated carbocycles. The topological polar surface area (TPSA) is 131 Å². The molecular formula is C36H60O7. The van der Waals surface area contributed by atoms with Crippen LogP contribution in [0.3, 0.4) is 0 Å². The number of aliphatic hydroxyl groups is 6. The summed E-state index contributed by atoms with van der Waals surface area (Å²) in [6, 6.07) is 0. The highest BCUT2D eigenvalue weighted by atomic mass is 16.6. The summed E-state index contributed by atoms with van der Waals surface area (Å²) < 4.78 is 6.01. The number of ether oxygens (including phenoxy) is 1. The Morgan fingerprint density at radius 3 is 2.16 bits per heavy atom. The van der Waals surface area contributed by atoms with E-state index >= 15 is 0 Å². The van der Waals surface area contributed by atoms with E-state index in [0.29, 0.717) is 11.8 Å². The van der Waals surface area contributed by atoms with Crippen LogP contribution in [-0.2, 0) is 4.74 Å². The minimum Gasteiger partial charge on any atom is -0.394 e. The number of rotatable bonds is 3. The summed E-state index contributed by atoms with van der Waals surface area (Å²) in [5, 5.41) is 65.3. The maximum Gasteiger partial charge on any atom is 0.113 e. The van der Waals surface area contributed by atoms with Crippen molar-refractivity contribution in [2.45, 2.75) is 155 Å². The van der Waals surface area contributed by atoms with Crippen LogP contribution >= 0.6 is 0 Å². The third-order valence-corrected chi connectivity index (χ3v) is 15.5. The van der Waals surface area contributed by atoms with Crippen LogP contribution in [0.25, 0.3) is 0 Å². The number of allylic oxidation sites excluding steroid dienone is 2. The fourth-order valence-corrected chi connectivity index (χ4v) is 12.5. The van der Waals surface area contributed by atoms with Gasteiger partial charge in [0.15, 0.2) is 0 Å². The van der Waals surface area contributed by atoms with Crippen LogP contribution in [0.2, 0.25) is 0 Å². The second-order valence-electron chi connectivity index (χ2n) is 18.1. The van der Waals surface area contributed by atoms with Gasteiger partial charge < -0.3 is 35.4 Å². The van der Waals surface area contributed by atoms with Gasteiger partial charge in [0, 0.05) is 5.41 Å². The first-order valence-corrected chi connectivity index (χ1v) is 17.3. The summed E-state index contributed by atoms with van der Waals surface area (Å²) >= 11 is 0. The summed E-state index contributed by atoms with van der Waals surface area (Å²) in [5.41, 5.74) is 1.21. The first kappa shape index (κ1) is 32.4. The van der Waals surface area contributed by atoms with Crippen LogP contribution in [0.1, 0.15) is 113 Å². The highest BCUT2D eigenvalue weighted by molar-refractivity contribution is 5.34. The Hall–Kier alpha value is -0.540. The van der Waals surface area contributed by atoms with E-state index in [9.17, 15) is 30.6 Å². The highest BCUT2D eigenvalue weighted by Crippen LogP contribution is 2.76. The Morgan fingerprint density at radius 2 is 1.49 bits per heavy atom. The summed E-state index contributed by atoms with van der Waals surface area (Å²) in [6.07, 6.45) is 4.49. The van der Waals surface area contributed by atoms with Crippen molar-refractivity contribution in [2.75, 3.05) is 6.61 Å². The van der Waals surface area contributed by atoms with Crippen molar-refractivity contribution in [3.63, 3.8) is 0 Å². The predicted molar refractivity (Wildman–Crippen MR) is 165 cm³/mol. The molecule has 0 aromatic rings. The third kappa shape index (κ3) is 4.30. The average Bonchev–Trinajstić information content (AvgIpc) is 2.94. The van der Waals surface area contributed by atoms with Crippen molar-refractivity contribution in [3.05, 3.63) is 11.6 Å². The summed E-state index contributed by atoms with van der Waals surface area (Å²) in [5.74, 6) is 1.13. The van der Waals surface area contributed by atoms with Crippen molar-refractivity contribution < 1.29 is 35.4 Å². The molecule has 0 amide bonds. The van der Waals surface area contributed by atoms with Gasteiger partial charge >= 0.3 is 0 Å². The molecule has 0 aromatic carbocycles. The van der Waals surface area contributed by atoms with Crippen LogP contribution in [0, 0.1) is 50.2 Å². The van der Waals surface area contributed by atoms with E-state index in [0.717, 1.165) is 64.2 Å². The molecule has 43 heavy (non-hydrogen) atoms. The molecule has 0 aromatic heterocycles. The van der Waals surface area contributed by atoms with E-state index in [1.54, 1.807) is 0 Å². The quantitative estimate of drug-likeness (QED) is 0.264. The van der Waals surface area contributed by atoms with Gasteiger partial charge in [-0.05, 0) is 109 Å². The molecule has 1 aliphatic heterocycles. The maximum atomic E-state index is 12.3. The van der Waals surface area contributed by atoms with Crippen molar-refractivity contribution >= 4 is 0 Å². The normalized spacial score (nSPS) is 54.7. The van der Waals surface area contributed by atoms with Gasteiger partial charge in [-0.1, -0.05) is 60.1 Å². The van der Waals surface area contributed by atoms with E-state index in [1.807, 2.05) is 0 Å². The minimum atomic E-state index is -1.49. The molecule has 1 saturated heterocycles. The Balaban J connectivity index is 1.40. The Kier molecular flexibility index (Phi) is 7.71. The van der Waals surface area contributed by atoms with Gasteiger partial charge in [0.2, 0.25) is 0 Å². The number of hydrogen-bond donors (Lipinski definition) is 6. The van der Waals surface area contributed by atoms with E-state index in [1.165, 1.54) is 5.57 Å². The first-order chi connectivity index (χ1) is 19.9. The van der Waals surface area contributed by atoms with E-state index in [-0.39, 0.29) is 39.1 Å². The molecular weight excluding hydrogens is 544 g/mol. The van der Waals surface area contributed by atoms with Gasteiger partial charge in [-0.15, -0.1) is 0 Å². The Labute approximate surface area is 259 Å². The molecule has 8 unspecified atom stereocenters. The number of aliphatic hydroxyl groups excluding tert-OH is 6. The molecule has 0 bridgehead atoms. The minimum absolute atomic E-state index is 0.0270. The maximum absolute atomic E-state index is 12.3. The lowest BCUT2D eigenvalue weighted by atomic mass is 9.33. The molecule has 246 valence electrons. The van der Waals surface area contributed by atoms with Crippen molar-refractivity contribution in [2.24, 2.45) is 50.2 Å². The number of fused-ring (bicyclic) bond motifs is 7. The molecule has 1 heterocycles. The molecule has 7 heteroatoms. The molecule has 5 fully saturated rings. The van der Waals surface area contributed by atoms with Crippen LogP contribution in [0.15, 0.2) is 11.6 Å². The van der Waals surface area contributed by atoms with Crippen molar-refractivity contribution in [3.8, 4) is 0 Å². The lowest BCUT2D eigenvalue weighted by Gasteiger charge is -2.72. The van der Waals surface area contributed by atoms with Crippen molar-refractivity contribution in [1.29, 1.82) is 0 Å². The zero-order valence-electron chi connectivity index (χ0n) is 27.7. The average molecular weight is 605 g/mol. The standard InChI is InChI=1S/C36H60O7/c1-31(2)14-16-36(30(42)29-28(41)27(40)26(39)22(19-37)43-29)17-15-34(6)20(21(36)18-31)8-9-24-33(5)12-11-25(38)32(3,4)23(33)10-13-35(24,34)7/h8,21-30,37-42H,9-19H2,1-7H3/t21?,22?,23?,24?,25?,26-,27?,28?,29-,30?,33+,34-,35-,36+/m1/s1. The molecule has 6 aliphatic rings. The summed E-state index contributed by atoms with van der Waals surface area (Å²) in [4.78, 5) is 0. The second-order valence-corrected chi connectivity index (χ2v) is 18.1. The van der Waals surface area contributed by atoms with Gasteiger partial charge in [-0.2, -0.15) is 0 Å². The van der Waals surface area contributed by atoms with E-state index in [4.69, 9.17) is 4.74 Å². The monoisotopic (exact) mass is 604 g/mol. The van der Waals surface area contributed by atoms with Crippen LogP contribution in [-0.4, -0.2) is 80.0 Å². The van der Waals surface area contributed by atoms with E-state index < -0.39 is 48.6 Å². The van der Waals surface area contributed by atoms with Gasteiger partial charge in [0.25, 0.3) is 0 Å².